The van der Waals surface area contributed by atoms with Crippen molar-refractivity contribution in [3.8, 4) is 0 Å². The Morgan fingerprint density at radius 2 is 1.25 bits per heavy atom. The Hall–Kier alpha value is -1.10. The van der Waals surface area contributed by atoms with Crippen molar-refractivity contribution in [3.63, 3.8) is 0 Å². The molecule has 0 aromatic rings. The van der Waals surface area contributed by atoms with Crippen molar-refractivity contribution in [2.75, 3.05) is 27.7 Å². The minimum atomic E-state index is -0.924. The van der Waals surface area contributed by atoms with Gasteiger partial charge in [-0.2, -0.15) is 0 Å². The number of quaternary nitrogens is 1. The van der Waals surface area contributed by atoms with Crippen molar-refractivity contribution in [2.45, 2.75) is 129 Å². The summed E-state index contributed by atoms with van der Waals surface area (Å²) < 4.78 is 6.03. The Morgan fingerprint density at radius 3 is 1.72 bits per heavy atom. The van der Waals surface area contributed by atoms with Gasteiger partial charge in [-0.05, 0) is 12.3 Å². The first-order chi connectivity index (χ1) is 15.1. The highest BCUT2D eigenvalue weighted by atomic mass is 16.5. The number of carboxylic acid groups (broad SMARTS) is 1. The number of esters is 1. The van der Waals surface area contributed by atoms with Crippen LogP contribution in [-0.4, -0.2) is 55.3 Å². The van der Waals surface area contributed by atoms with E-state index in [1.165, 1.54) is 83.5 Å². The largest absolute Gasteiger partial charge is 0.481 e. The van der Waals surface area contributed by atoms with Crippen LogP contribution >= 0.6 is 0 Å². The molecule has 0 saturated heterocycles. The standard InChI is InChI=1S/C27H53NO4/c1-6-7-8-9-10-11-12-13-14-15-16-17-19-24(2)20-18-21-27(31)32-25(22-26(29)30)23-28(3,4)5/h24-25H,6-23H2,1-5H3/p+1. The first-order valence-corrected chi connectivity index (χ1v) is 13.4. The summed E-state index contributed by atoms with van der Waals surface area (Å²) in [6.07, 6.45) is 19.3. The zero-order chi connectivity index (χ0) is 24.2. The van der Waals surface area contributed by atoms with E-state index in [1.54, 1.807) is 0 Å². The fourth-order valence-corrected chi connectivity index (χ4v) is 4.27. The van der Waals surface area contributed by atoms with Gasteiger partial charge in [0.15, 0.2) is 6.10 Å². The van der Waals surface area contributed by atoms with Crippen molar-refractivity contribution in [3.05, 3.63) is 0 Å². The zero-order valence-electron chi connectivity index (χ0n) is 22.0. The lowest BCUT2D eigenvalue weighted by molar-refractivity contribution is -0.873. The van der Waals surface area contributed by atoms with E-state index in [0.717, 1.165) is 12.8 Å². The summed E-state index contributed by atoms with van der Waals surface area (Å²) in [5.74, 6) is -0.554. The molecule has 0 aliphatic heterocycles. The summed E-state index contributed by atoms with van der Waals surface area (Å²) in [5, 5.41) is 9.05. The Labute approximate surface area is 198 Å². The molecule has 0 bridgehead atoms. The van der Waals surface area contributed by atoms with E-state index in [9.17, 15) is 9.59 Å². The molecule has 190 valence electrons. The highest BCUT2D eigenvalue weighted by Gasteiger charge is 2.24. The van der Waals surface area contributed by atoms with Crippen LogP contribution in [0.3, 0.4) is 0 Å². The van der Waals surface area contributed by atoms with Crippen LogP contribution in [0.1, 0.15) is 123 Å². The lowest BCUT2D eigenvalue weighted by Gasteiger charge is -2.28. The Bertz CT molecular complexity index is 473. The second-order valence-electron chi connectivity index (χ2n) is 10.9. The van der Waals surface area contributed by atoms with E-state index in [4.69, 9.17) is 9.84 Å². The zero-order valence-corrected chi connectivity index (χ0v) is 22.0. The van der Waals surface area contributed by atoms with Gasteiger partial charge in [-0.3, -0.25) is 9.59 Å². The Morgan fingerprint density at radius 1 is 0.781 bits per heavy atom. The van der Waals surface area contributed by atoms with Gasteiger partial charge in [-0.15, -0.1) is 0 Å². The molecule has 0 aromatic carbocycles. The number of carbonyl (C=O) groups excluding carboxylic acids is 1. The maximum atomic E-state index is 12.2. The van der Waals surface area contributed by atoms with Gasteiger partial charge in [0.2, 0.25) is 0 Å². The molecule has 0 aliphatic carbocycles. The summed E-state index contributed by atoms with van der Waals surface area (Å²) in [5.41, 5.74) is 0. The smallest absolute Gasteiger partial charge is 0.307 e. The van der Waals surface area contributed by atoms with E-state index in [2.05, 4.69) is 13.8 Å². The molecule has 2 atom stereocenters. The summed E-state index contributed by atoms with van der Waals surface area (Å²) in [7, 11) is 5.92. The van der Waals surface area contributed by atoms with E-state index < -0.39 is 12.1 Å². The molecule has 0 amide bonds. The highest BCUT2D eigenvalue weighted by Crippen LogP contribution is 2.18. The van der Waals surface area contributed by atoms with Crippen LogP contribution < -0.4 is 0 Å². The Balaban J connectivity index is 3.70. The van der Waals surface area contributed by atoms with Gasteiger partial charge in [0, 0.05) is 6.42 Å². The Kier molecular flexibility index (Phi) is 18.7. The van der Waals surface area contributed by atoms with Gasteiger partial charge in [0.25, 0.3) is 0 Å². The maximum Gasteiger partial charge on any atom is 0.307 e. The van der Waals surface area contributed by atoms with E-state index in [0.29, 0.717) is 23.4 Å². The second-order valence-corrected chi connectivity index (χ2v) is 10.9. The number of ether oxygens (including phenoxy) is 1. The molecule has 0 aromatic heterocycles. The normalized spacial score (nSPS) is 13.7. The number of likely N-dealkylation sites (N-methyl/N-ethyl adjacent to an activating group) is 1. The lowest BCUT2D eigenvalue weighted by atomic mass is 9.96. The number of rotatable bonds is 22. The van der Waals surface area contributed by atoms with Crippen molar-refractivity contribution in [1.82, 2.24) is 0 Å². The van der Waals surface area contributed by atoms with Gasteiger partial charge >= 0.3 is 11.9 Å². The van der Waals surface area contributed by atoms with Crippen molar-refractivity contribution in [2.24, 2.45) is 5.92 Å². The molecule has 0 heterocycles. The van der Waals surface area contributed by atoms with E-state index >= 15 is 0 Å². The van der Waals surface area contributed by atoms with Gasteiger partial charge in [0.05, 0.1) is 27.6 Å². The molecule has 5 heteroatoms. The van der Waals surface area contributed by atoms with Crippen LogP contribution in [0, 0.1) is 5.92 Å². The average molecular weight is 457 g/mol. The quantitative estimate of drug-likeness (QED) is 0.108. The number of carboxylic acids is 1. The van der Waals surface area contributed by atoms with Crippen LogP contribution in [0.5, 0.6) is 0 Å². The van der Waals surface area contributed by atoms with E-state index in [1.807, 2.05) is 21.1 Å². The molecule has 0 radical (unpaired) electrons. The summed E-state index contributed by atoms with van der Waals surface area (Å²) in [4.78, 5) is 23.2. The predicted molar refractivity (Wildman–Crippen MR) is 134 cm³/mol. The molecule has 0 spiro atoms. The average Bonchev–Trinajstić information content (AvgIpc) is 2.67. The molecule has 0 fully saturated rings. The fourth-order valence-electron chi connectivity index (χ4n) is 4.27. The van der Waals surface area contributed by atoms with Crippen LogP contribution in [-0.2, 0) is 14.3 Å². The maximum absolute atomic E-state index is 12.2. The van der Waals surface area contributed by atoms with Crippen LogP contribution in [0.4, 0.5) is 0 Å². The second kappa shape index (κ2) is 19.4. The van der Waals surface area contributed by atoms with Gasteiger partial charge in [-0.25, -0.2) is 0 Å². The number of hydrogen-bond donors (Lipinski definition) is 1. The minimum absolute atomic E-state index is 0.128. The third-order valence-corrected chi connectivity index (χ3v) is 6.08. The molecule has 0 saturated carbocycles. The molecule has 0 aliphatic rings. The van der Waals surface area contributed by atoms with Crippen LogP contribution in [0.2, 0.25) is 0 Å². The topological polar surface area (TPSA) is 63.6 Å². The molecule has 0 rings (SSSR count). The number of carbonyl (C=O) groups is 2. The van der Waals surface area contributed by atoms with Crippen molar-refractivity contribution < 1.29 is 23.9 Å². The van der Waals surface area contributed by atoms with Crippen molar-refractivity contribution >= 4 is 11.9 Å². The molecule has 5 nitrogen and oxygen atoms in total. The number of unbranched alkanes of at least 4 members (excludes halogenated alkanes) is 11. The minimum Gasteiger partial charge on any atom is -0.481 e. The van der Waals surface area contributed by atoms with Crippen LogP contribution in [0.25, 0.3) is 0 Å². The number of nitrogens with zero attached hydrogens (tertiary/aromatic N) is 1. The molecule has 1 N–H and O–H groups in total. The highest BCUT2D eigenvalue weighted by molar-refractivity contribution is 5.71. The lowest BCUT2D eigenvalue weighted by Crippen LogP contribution is -2.43. The summed E-state index contributed by atoms with van der Waals surface area (Å²) in [6, 6.07) is 0. The first kappa shape index (κ1) is 30.9. The summed E-state index contributed by atoms with van der Waals surface area (Å²) >= 11 is 0. The fraction of sp³-hybridized carbons (Fsp3) is 0.926. The molecular weight excluding hydrogens is 402 g/mol. The van der Waals surface area contributed by atoms with Crippen molar-refractivity contribution in [1.29, 1.82) is 0 Å². The molecular formula is C27H54NO4+. The molecule has 2 unspecified atom stereocenters. The van der Waals surface area contributed by atoms with Gasteiger partial charge in [0.1, 0.15) is 6.54 Å². The first-order valence-electron chi connectivity index (χ1n) is 13.4. The molecule has 32 heavy (non-hydrogen) atoms. The SMILES string of the molecule is CCCCCCCCCCCCCCC(C)CCCC(=O)OC(CC(=O)O)C[N+](C)(C)C. The number of aliphatic carboxylic acids is 1. The van der Waals surface area contributed by atoms with Gasteiger partial charge in [-0.1, -0.05) is 104 Å². The summed E-state index contributed by atoms with van der Waals surface area (Å²) in [6.45, 7) is 5.05. The monoisotopic (exact) mass is 456 g/mol. The predicted octanol–water partition coefficient (Wildman–Crippen LogP) is 6.98. The third kappa shape index (κ3) is 22.1. The third-order valence-electron chi connectivity index (χ3n) is 6.08. The van der Waals surface area contributed by atoms with Gasteiger partial charge < -0.3 is 14.3 Å². The van der Waals surface area contributed by atoms with Crippen LogP contribution in [0.15, 0.2) is 0 Å². The number of hydrogen-bond acceptors (Lipinski definition) is 3. The van der Waals surface area contributed by atoms with E-state index in [-0.39, 0.29) is 12.4 Å².